The van der Waals surface area contributed by atoms with Crippen molar-refractivity contribution in [3.63, 3.8) is 0 Å². The molecule has 2 heterocycles. The number of hydrogen-bond acceptors (Lipinski definition) is 4. The molecule has 2 aliphatic rings. The molecular weight excluding hydrogens is 456 g/mol. The van der Waals surface area contributed by atoms with Gasteiger partial charge in [-0.15, -0.1) is 0 Å². The molecule has 2 atom stereocenters. The van der Waals surface area contributed by atoms with Gasteiger partial charge in [-0.2, -0.15) is 4.31 Å². The van der Waals surface area contributed by atoms with Crippen LogP contribution in [0.25, 0.3) is 0 Å². The fourth-order valence-corrected chi connectivity index (χ4v) is 5.88. The van der Waals surface area contributed by atoms with Crippen LogP contribution in [0.3, 0.4) is 0 Å². The largest absolute Gasteiger partial charge is 0.370 e. The molecule has 6 nitrogen and oxygen atoms in total. The quantitative estimate of drug-likeness (QED) is 0.676. The molecule has 2 saturated heterocycles. The zero-order valence-electron chi connectivity index (χ0n) is 15.9. The Morgan fingerprint density at radius 2 is 1.76 bits per heavy atom. The highest BCUT2D eigenvalue weighted by Crippen LogP contribution is 2.29. The number of carbonyl (C=O) groups excluding carboxylic acids is 1. The number of halogens is 1. The molecule has 4 rings (SSSR count). The van der Waals surface area contributed by atoms with Crippen molar-refractivity contribution in [3.05, 3.63) is 64.6 Å². The standard InChI is InChI=1S/C21H23BrN2O4S/c22-17-10-8-16(9-11-17)20-15-23(13-14-28-20)21(25)19-7-4-12-24(19)29(26,27)18-5-2-1-3-6-18/h1-3,5-6,8-11,19-20H,4,7,12-15H2. The summed E-state index contributed by atoms with van der Waals surface area (Å²) in [5.74, 6) is -0.132. The highest BCUT2D eigenvalue weighted by Gasteiger charge is 2.42. The van der Waals surface area contributed by atoms with Gasteiger partial charge in [0.05, 0.1) is 18.0 Å². The number of carbonyl (C=O) groups is 1. The van der Waals surface area contributed by atoms with Crippen molar-refractivity contribution in [2.45, 2.75) is 29.9 Å². The van der Waals surface area contributed by atoms with E-state index in [4.69, 9.17) is 4.74 Å². The van der Waals surface area contributed by atoms with Gasteiger partial charge in [0.2, 0.25) is 15.9 Å². The minimum Gasteiger partial charge on any atom is -0.370 e. The molecule has 29 heavy (non-hydrogen) atoms. The molecule has 2 aromatic rings. The van der Waals surface area contributed by atoms with Gasteiger partial charge in [-0.3, -0.25) is 4.79 Å². The Kier molecular flexibility index (Phi) is 6.06. The van der Waals surface area contributed by atoms with Gasteiger partial charge in [0, 0.05) is 17.6 Å². The topological polar surface area (TPSA) is 66.9 Å². The number of hydrogen-bond donors (Lipinski definition) is 0. The van der Waals surface area contributed by atoms with E-state index < -0.39 is 16.1 Å². The van der Waals surface area contributed by atoms with Gasteiger partial charge in [0.1, 0.15) is 12.1 Å². The van der Waals surface area contributed by atoms with E-state index in [1.807, 2.05) is 24.3 Å². The third kappa shape index (κ3) is 4.26. The summed E-state index contributed by atoms with van der Waals surface area (Å²) in [5, 5.41) is 0. The highest BCUT2D eigenvalue weighted by atomic mass is 79.9. The number of morpholine rings is 1. The van der Waals surface area contributed by atoms with Crippen LogP contribution in [0.1, 0.15) is 24.5 Å². The van der Waals surface area contributed by atoms with E-state index in [0.717, 1.165) is 10.0 Å². The van der Waals surface area contributed by atoms with Crippen LogP contribution in [0.4, 0.5) is 0 Å². The number of rotatable bonds is 4. The minimum absolute atomic E-state index is 0.132. The molecule has 8 heteroatoms. The zero-order chi connectivity index (χ0) is 20.4. The van der Waals surface area contributed by atoms with E-state index in [1.165, 1.54) is 4.31 Å². The molecule has 0 bridgehead atoms. The molecule has 154 valence electrons. The van der Waals surface area contributed by atoms with Crippen LogP contribution in [0, 0.1) is 0 Å². The Morgan fingerprint density at radius 1 is 1.03 bits per heavy atom. The molecule has 0 aliphatic carbocycles. The number of nitrogens with zero attached hydrogens (tertiary/aromatic N) is 2. The molecule has 0 spiro atoms. The van der Waals surface area contributed by atoms with Crippen LogP contribution in [0.2, 0.25) is 0 Å². The fourth-order valence-electron chi connectivity index (χ4n) is 3.94. The Hall–Kier alpha value is -1.74. The maximum Gasteiger partial charge on any atom is 0.243 e. The number of ether oxygens (including phenoxy) is 1. The first-order chi connectivity index (χ1) is 14.0. The van der Waals surface area contributed by atoms with Crippen molar-refractivity contribution < 1.29 is 17.9 Å². The third-order valence-electron chi connectivity index (χ3n) is 5.46. The molecule has 2 unspecified atom stereocenters. The molecule has 0 aromatic heterocycles. The molecule has 0 saturated carbocycles. The van der Waals surface area contributed by atoms with Gasteiger partial charge in [0.25, 0.3) is 0 Å². The van der Waals surface area contributed by atoms with Gasteiger partial charge in [0.15, 0.2) is 0 Å². The number of benzene rings is 2. The monoisotopic (exact) mass is 478 g/mol. The minimum atomic E-state index is -3.69. The van der Waals surface area contributed by atoms with Crippen LogP contribution in [-0.2, 0) is 19.6 Å². The molecule has 0 N–H and O–H groups in total. The number of sulfonamides is 1. The van der Waals surface area contributed by atoms with Crippen molar-refractivity contribution in [1.29, 1.82) is 0 Å². The second-order valence-corrected chi connectivity index (χ2v) is 10.1. The maximum atomic E-state index is 13.3. The van der Waals surface area contributed by atoms with E-state index in [0.29, 0.717) is 39.1 Å². The first kappa shape index (κ1) is 20.5. The summed E-state index contributed by atoms with van der Waals surface area (Å²) in [5.41, 5.74) is 1.01. The Morgan fingerprint density at radius 3 is 2.48 bits per heavy atom. The fraction of sp³-hybridized carbons (Fsp3) is 0.381. The number of amides is 1. The van der Waals surface area contributed by atoms with Crippen molar-refractivity contribution in [2.24, 2.45) is 0 Å². The van der Waals surface area contributed by atoms with Crippen molar-refractivity contribution in [3.8, 4) is 0 Å². The van der Waals surface area contributed by atoms with Crippen LogP contribution in [0.5, 0.6) is 0 Å². The Labute approximate surface area is 179 Å². The molecular formula is C21H23BrN2O4S. The molecule has 1 amide bonds. The SMILES string of the molecule is O=C(C1CCCN1S(=O)(=O)c1ccccc1)N1CCOC(c2ccc(Br)cc2)C1. The van der Waals surface area contributed by atoms with Gasteiger partial charge in [-0.05, 0) is 42.7 Å². The third-order valence-corrected chi connectivity index (χ3v) is 7.91. The smallest absolute Gasteiger partial charge is 0.243 e. The van der Waals surface area contributed by atoms with E-state index >= 15 is 0 Å². The summed E-state index contributed by atoms with van der Waals surface area (Å²) < 4.78 is 34.4. The van der Waals surface area contributed by atoms with E-state index in [1.54, 1.807) is 35.2 Å². The van der Waals surface area contributed by atoms with Crippen LogP contribution >= 0.6 is 15.9 Å². The lowest BCUT2D eigenvalue weighted by molar-refractivity contribution is -0.142. The van der Waals surface area contributed by atoms with Gasteiger partial charge in [-0.1, -0.05) is 46.3 Å². The summed E-state index contributed by atoms with van der Waals surface area (Å²) in [7, 11) is -3.69. The highest BCUT2D eigenvalue weighted by molar-refractivity contribution is 9.10. The predicted molar refractivity (Wildman–Crippen MR) is 113 cm³/mol. The maximum absolute atomic E-state index is 13.3. The predicted octanol–water partition coefficient (Wildman–Crippen LogP) is 3.20. The second-order valence-electron chi connectivity index (χ2n) is 7.28. The van der Waals surface area contributed by atoms with E-state index in [-0.39, 0.29) is 16.9 Å². The van der Waals surface area contributed by atoms with E-state index in [2.05, 4.69) is 15.9 Å². The first-order valence-electron chi connectivity index (χ1n) is 9.69. The molecule has 2 aromatic carbocycles. The van der Waals surface area contributed by atoms with Crippen LogP contribution in [0.15, 0.2) is 64.0 Å². The zero-order valence-corrected chi connectivity index (χ0v) is 18.3. The van der Waals surface area contributed by atoms with Gasteiger partial charge < -0.3 is 9.64 Å². The average molecular weight is 479 g/mol. The van der Waals surface area contributed by atoms with Crippen LogP contribution < -0.4 is 0 Å². The summed E-state index contributed by atoms with van der Waals surface area (Å²) in [6.07, 6.45) is 1.02. The van der Waals surface area contributed by atoms with Crippen molar-refractivity contribution in [1.82, 2.24) is 9.21 Å². The Balaban J connectivity index is 1.51. The first-order valence-corrected chi connectivity index (χ1v) is 11.9. The summed E-state index contributed by atoms with van der Waals surface area (Å²) in [6, 6.07) is 15.5. The lowest BCUT2D eigenvalue weighted by Crippen LogP contribution is -2.51. The summed E-state index contributed by atoms with van der Waals surface area (Å²) in [4.78, 5) is 15.3. The van der Waals surface area contributed by atoms with Gasteiger partial charge in [-0.25, -0.2) is 8.42 Å². The van der Waals surface area contributed by atoms with Gasteiger partial charge >= 0.3 is 0 Å². The summed E-state index contributed by atoms with van der Waals surface area (Å²) in [6.45, 7) is 1.70. The van der Waals surface area contributed by atoms with Crippen molar-refractivity contribution in [2.75, 3.05) is 26.2 Å². The normalized spacial score (nSPS) is 23.3. The lowest BCUT2D eigenvalue weighted by Gasteiger charge is -2.36. The van der Waals surface area contributed by atoms with E-state index in [9.17, 15) is 13.2 Å². The van der Waals surface area contributed by atoms with Crippen LogP contribution in [-0.4, -0.2) is 55.8 Å². The molecule has 2 aliphatic heterocycles. The van der Waals surface area contributed by atoms with Crippen molar-refractivity contribution >= 4 is 31.9 Å². The Bertz CT molecular complexity index is 966. The molecule has 0 radical (unpaired) electrons. The lowest BCUT2D eigenvalue weighted by atomic mass is 10.1. The molecule has 2 fully saturated rings. The average Bonchev–Trinajstić information content (AvgIpc) is 3.25. The summed E-state index contributed by atoms with van der Waals surface area (Å²) >= 11 is 3.43. The second kappa shape index (κ2) is 8.55.